The fourth-order valence-corrected chi connectivity index (χ4v) is 3.95. The molecule has 0 aliphatic heterocycles. The smallest absolute Gasteiger partial charge is 0.276 e. The summed E-state index contributed by atoms with van der Waals surface area (Å²) in [5.41, 5.74) is 3.09. The lowest BCUT2D eigenvalue weighted by molar-refractivity contribution is -0.385. The SMILES string of the molecule is CCN(Cc1ccccc1)c1ccc(/C=N\NS(=O)(=O)c2ccc(C)c([N+](=O)[O-])c2)cc1. The van der Waals surface area contributed by atoms with Crippen molar-refractivity contribution in [3.63, 3.8) is 0 Å². The normalized spacial score (nSPS) is 11.4. The lowest BCUT2D eigenvalue weighted by Crippen LogP contribution is -2.21. The molecule has 0 aromatic heterocycles. The molecule has 0 aliphatic carbocycles. The molecular formula is C23H24N4O4S. The molecule has 0 bridgehead atoms. The van der Waals surface area contributed by atoms with Gasteiger partial charge in [-0.3, -0.25) is 10.1 Å². The Morgan fingerprint density at radius 1 is 1.06 bits per heavy atom. The molecule has 0 atom stereocenters. The highest BCUT2D eigenvalue weighted by Crippen LogP contribution is 2.22. The lowest BCUT2D eigenvalue weighted by Gasteiger charge is -2.23. The minimum atomic E-state index is -4.02. The van der Waals surface area contributed by atoms with E-state index in [1.165, 1.54) is 23.9 Å². The fraction of sp³-hybridized carbons (Fsp3) is 0.174. The number of nitrogens with one attached hydrogen (secondary N) is 1. The third kappa shape index (κ3) is 5.70. The molecule has 0 amide bonds. The molecule has 0 unspecified atom stereocenters. The Morgan fingerprint density at radius 2 is 1.75 bits per heavy atom. The molecule has 32 heavy (non-hydrogen) atoms. The Balaban J connectivity index is 1.68. The van der Waals surface area contributed by atoms with Gasteiger partial charge >= 0.3 is 0 Å². The second-order valence-corrected chi connectivity index (χ2v) is 8.81. The summed E-state index contributed by atoms with van der Waals surface area (Å²) >= 11 is 0. The summed E-state index contributed by atoms with van der Waals surface area (Å²) < 4.78 is 24.8. The van der Waals surface area contributed by atoms with E-state index in [-0.39, 0.29) is 10.6 Å². The average Bonchev–Trinajstić information content (AvgIpc) is 2.78. The van der Waals surface area contributed by atoms with Crippen molar-refractivity contribution in [2.75, 3.05) is 11.4 Å². The van der Waals surface area contributed by atoms with Gasteiger partial charge in [-0.2, -0.15) is 13.5 Å². The summed E-state index contributed by atoms with van der Waals surface area (Å²) in [6, 6.07) is 21.5. The van der Waals surface area contributed by atoms with Gasteiger partial charge in [-0.15, -0.1) is 0 Å². The molecular weight excluding hydrogens is 428 g/mol. The summed E-state index contributed by atoms with van der Waals surface area (Å²) in [5.74, 6) is 0. The van der Waals surface area contributed by atoms with Gasteiger partial charge in [0.2, 0.25) is 0 Å². The van der Waals surface area contributed by atoms with E-state index >= 15 is 0 Å². The Morgan fingerprint density at radius 3 is 2.38 bits per heavy atom. The highest BCUT2D eigenvalue weighted by molar-refractivity contribution is 7.89. The van der Waals surface area contributed by atoms with Gasteiger partial charge in [0.25, 0.3) is 15.7 Å². The molecule has 3 aromatic rings. The predicted molar refractivity (Wildman–Crippen MR) is 125 cm³/mol. The number of benzene rings is 3. The molecule has 0 fully saturated rings. The van der Waals surface area contributed by atoms with E-state index < -0.39 is 14.9 Å². The first-order chi connectivity index (χ1) is 15.3. The second kappa shape index (κ2) is 10.1. The number of sulfonamides is 1. The number of nitro benzene ring substituents is 1. The number of nitro groups is 1. The zero-order chi connectivity index (χ0) is 23.1. The van der Waals surface area contributed by atoms with Crippen molar-refractivity contribution < 1.29 is 13.3 Å². The molecule has 3 aromatic carbocycles. The van der Waals surface area contributed by atoms with Crippen LogP contribution in [-0.2, 0) is 16.6 Å². The summed E-state index contributed by atoms with van der Waals surface area (Å²) in [4.78, 5) is 14.5. The fourth-order valence-electron chi connectivity index (χ4n) is 3.14. The van der Waals surface area contributed by atoms with Gasteiger partial charge in [0.1, 0.15) is 0 Å². The van der Waals surface area contributed by atoms with Gasteiger partial charge in [0, 0.05) is 30.4 Å². The van der Waals surface area contributed by atoms with Crippen molar-refractivity contribution in [3.05, 3.63) is 99.6 Å². The molecule has 0 radical (unpaired) electrons. The monoisotopic (exact) mass is 452 g/mol. The molecule has 0 spiro atoms. The Kier molecular flexibility index (Phi) is 7.21. The van der Waals surface area contributed by atoms with Gasteiger partial charge < -0.3 is 4.90 Å². The maximum atomic E-state index is 12.4. The third-order valence-electron chi connectivity index (χ3n) is 4.93. The number of hydrogen-bond donors (Lipinski definition) is 1. The number of nitrogens with zero attached hydrogens (tertiary/aromatic N) is 3. The number of hydrogen-bond acceptors (Lipinski definition) is 6. The van der Waals surface area contributed by atoms with Gasteiger partial charge in [0.15, 0.2) is 0 Å². The molecule has 0 saturated carbocycles. The lowest BCUT2D eigenvalue weighted by atomic mass is 10.1. The Hall–Kier alpha value is -3.72. The predicted octanol–water partition coefficient (Wildman–Crippen LogP) is 4.24. The van der Waals surface area contributed by atoms with Crippen LogP contribution in [0.15, 0.2) is 82.8 Å². The van der Waals surface area contributed by atoms with Crippen LogP contribution in [0.25, 0.3) is 0 Å². The second-order valence-electron chi connectivity index (χ2n) is 7.15. The van der Waals surface area contributed by atoms with E-state index in [2.05, 4.69) is 33.9 Å². The van der Waals surface area contributed by atoms with E-state index in [0.717, 1.165) is 24.8 Å². The van der Waals surface area contributed by atoms with Gasteiger partial charge in [0.05, 0.1) is 16.0 Å². The van der Waals surface area contributed by atoms with Crippen molar-refractivity contribution >= 4 is 27.6 Å². The number of rotatable bonds is 9. The van der Waals surface area contributed by atoms with E-state index in [1.807, 2.05) is 42.5 Å². The van der Waals surface area contributed by atoms with E-state index in [4.69, 9.17) is 0 Å². The maximum absolute atomic E-state index is 12.4. The van der Waals surface area contributed by atoms with Crippen LogP contribution in [-0.4, -0.2) is 26.1 Å². The van der Waals surface area contributed by atoms with Crippen molar-refractivity contribution in [2.24, 2.45) is 5.10 Å². The topological polar surface area (TPSA) is 105 Å². The van der Waals surface area contributed by atoms with Crippen LogP contribution < -0.4 is 9.73 Å². The van der Waals surface area contributed by atoms with Gasteiger partial charge in [-0.05, 0) is 43.2 Å². The van der Waals surface area contributed by atoms with Crippen LogP contribution in [0.2, 0.25) is 0 Å². The van der Waals surface area contributed by atoms with Crippen LogP contribution in [0.3, 0.4) is 0 Å². The van der Waals surface area contributed by atoms with Gasteiger partial charge in [-0.25, -0.2) is 4.83 Å². The summed E-state index contributed by atoms with van der Waals surface area (Å²) in [5, 5.41) is 14.9. The van der Waals surface area contributed by atoms with Crippen LogP contribution in [0.5, 0.6) is 0 Å². The van der Waals surface area contributed by atoms with Crippen molar-refractivity contribution in [1.82, 2.24) is 4.83 Å². The van der Waals surface area contributed by atoms with Crippen molar-refractivity contribution in [1.29, 1.82) is 0 Å². The molecule has 0 aliphatic rings. The van der Waals surface area contributed by atoms with Crippen molar-refractivity contribution in [3.8, 4) is 0 Å². The highest BCUT2D eigenvalue weighted by Gasteiger charge is 2.19. The van der Waals surface area contributed by atoms with E-state index in [9.17, 15) is 18.5 Å². The van der Waals surface area contributed by atoms with Gasteiger partial charge in [-0.1, -0.05) is 48.5 Å². The molecule has 3 rings (SSSR count). The third-order valence-corrected chi connectivity index (χ3v) is 6.15. The molecule has 1 N–H and O–H groups in total. The highest BCUT2D eigenvalue weighted by atomic mass is 32.2. The molecule has 8 nitrogen and oxygen atoms in total. The van der Waals surface area contributed by atoms with E-state index in [0.29, 0.717) is 11.1 Å². The zero-order valence-electron chi connectivity index (χ0n) is 17.8. The first-order valence-corrected chi connectivity index (χ1v) is 11.5. The molecule has 0 heterocycles. The summed E-state index contributed by atoms with van der Waals surface area (Å²) in [6.45, 7) is 5.25. The minimum absolute atomic E-state index is 0.221. The number of hydrazone groups is 1. The summed E-state index contributed by atoms with van der Waals surface area (Å²) in [6.07, 6.45) is 1.39. The molecule has 9 heteroatoms. The Bertz CT molecular complexity index is 1210. The molecule has 166 valence electrons. The zero-order valence-corrected chi connectivity index (χ0v) is 18.6. The first-order valence-electron chi connectivity index (χ1n) is 9.99. The number of anilines is 1. The molecule has 0 saturated heterocycles. The average molecular weight is 453 g/mol. The van der Waals surface area contributed by atoms with Crippen LogP contribution in [0.4, 0.5) is 11.4 Å². The minimum Gasteiger partial charge on any atom is -0.367 e. The van der Waals surface area contributed by atoms with Crippen molar-refractivity contribution in [2.45, 2.75) is 25.3 Å². The standard InChI is InChI=1S/C23H24N4O4S/c1-3-26(17-20-7-5-4-6-8-20)21-12-10-19(11-13-21)16-24-25-32(30,31)22-14-9-18(2)23(15-22)27(28)29/h4-16,25H,3,17H2,1-2H3/b24-16-. The van der Waals surface area contributed by atoms with E-state index in [1.54, 1.807) is 6.92 Å². The first kappa shape index (κ1) is 23.0. The van der Waals surface area contributed by atoms with Crippen LogP contribution in [0, 0.1) is 17.0 Å². The largest absolute Gasteiger partial charge is 0.367 e. The number of aryl methyl sites for hydroxylation is 1. The summed E-state index contributed by atoms with van der Waals surface area (Å²) in [7, 11) is -4.02. The van der Waals surface area contributed by atoms with Crippen LogP contribution >= 0.6 is 0 Å². The Labute approximate surface area is 187 Å². The quantitative estimate of drug-likeness (QED) is 0.297. The van der Waals surface area contributed by atoms with Crippen LogP contribution in [0.1, 0.15) is 23.6 Å². The maximum Gasteiger partial charge on any atom is 0.276 e.